The van der Waals surface area contributed by atoms with Crippen LogP contribution in [0.25, 0.3) is 0 Å². The molecule has 1 saturated heterocycles. The number of anilines is 1. The standard InChI is InChI=1S/C13H16F4N2/c1-3-7(2)8-5-4-6-19(8)11-9(14)12(16)18-13(17)10(11)15/h7-8H,3-6H2,1-2H3. The van der Waals surface area contributed by atoms with Gasteiger partial charge in [0.1, 0.15) is 5.69 Å². The van der Waals surface area contributed by atoms with Crippen molar-refractivity contribution < 1.29 is 17.6 Å². The molecule has 0 aromatic carbocycles. The second-order valence-corrected chi connectivity index (χ2v) is 4.96. The third-order valence-corrected chi connectivity index (χ3v) is 3.86. The first-order valence-corrected chi connectivity index (χ1v) is 6.44. The zero-order chi connectivity index (χ0) is 14.2. The van der Waals surface area contributed by atoms with Gasteiger partial charge in [-0.2, -0.15) is 22.5 Å². The summed E-state index contributed by atoms with van der Waals surface area (Å²) in [6.45, 7) is 4.33. The Hall–Kier alpha value is -1.33. The van der Waals surface area contributed by atoms with Crippen LogP contribution in [0.5, 0.6) is 0 Å². The van der Waals surface area contributed by atoms with Crippen molar-refractivity contribution >= 4 is 5.69 Å². The molecular weight excluding hydrogens is 260 g/mol. The fraction of sp³-hybridized carbons (Fsp3) is 0.615. The topological polar surface area (TPSA) is 16.1 Å². The minimum absolute atomic E-state index is 0.102. The van der Waals surface area contributed by atoms with Gasteiger partial charge in [0, 0.05) is 12.6 Å². The maximum absolute atomic E-state index is 13.7. The molecular formula is C13H16F4N2. The number of pyridine rings is 1. The van der Waals surface area contributed by atoms with Gasteiger partial charge in [0.25, 0.3) is 11.9 Å². The number of hydrogen-bond acceptors (Lipinski definition) is 2. The van der Waals surface area contributed by atoms with Crippen molar-refractivity contribution in [1.82, 2.24) is 4.98 Å². The van der Waals surface area contributed by atoms with E-state index in [0.29, 0.717) is 6.54 Å². The van der Waals surface area contributed by atoms with Crippen LogP contribution in [0.3, 0.4) is 0 Å². The molecule has 2 atom stereocenters. The lowest BCUT2D eigenvalue weighted by atomic mass is 9.97. The smallest absolute Gasteiger partial charge is 0.253 e. The van der Waals surface area contributed by atoms with Crippen molar-refractivity contribution in [2.75, 3.05) is 11.4 Å². The number of halogens is 4. The Morgan fingerprint density at radius 2 is 1.79 bits per heavy atom. The highest BCUT2D eigenvalue weighted by atomic mass is 19.2. The zero-order valence-electron chi connectivity index (χ0n) is 10.9. The van der Waals surface area contributed by atoms with Gasteiger partial charge in [-0.1, -0.05) is 20.3 Å². The molecule has 2 heterocycles. The molecule has 106 valence electrons. The molecule has 0 bridgehead atoms. The SMILES string of the molecule is CCC(C)C1CCCN1c1c(F)c(F)nc(F)c1F. The number of rotatable bonds is 3. The lowest BCUT2D eigenvalue weighted by molar-refractivity contribution is 0.392. The van der Waals surface area contributed by atoms with Gasteiger partial charge in [0.15, 0.2) is 0 Å². The van der Waals surface area contributed by atoms with Crippen molar-refractivity contribution in [1.29, 1.82) is 0 Å². The second-order valence-electron chi connectivity index (χ2n) is 4.96. The second kappa shape index (κ2) is 5.35. The molecule has 0 spiro atoms. The molecule has 2 rings (SSSR count). The quantitative estimate of drug-likeness (QED) is 0.619. The molecule has 2 nitrogen and oxygen atoms in total. The number of nitrogens with zero attached hydrogens (tertiary/aromatic N) is 2. The van der Waals surface area contributed by atoms with Crippen LogP contribution in [0.15, 0.2) is 0 Å². The van der Waals surface area contributed by atoms with E-state index in [2.05, 4.69) is 4.98 Å². The van der Waals surface area contributed by atoms with E-state index in [9.17, 15) is 17.6 Å². The minimum Gasteiger partial charge on any atom is -0.363 e. The highest BCUT2D eigenvalue weighted by Crippen LogP contribution is 2.35. The van der Waals surface area contributed by atoms with E-state index in [1.54, 1.807) is 0 Å². The van der Waals surface area contributed by atoms with E-state index < -0.39 is 29.2 Å². The van der Waals surface area contributed by atoms with Crippen LogP contribution < -0.4 is 4.90 Å². The summed E-state index contributed by atoms with van der Waals surface area (Å²) in [7, 11) is 0. The minimum atomic E-state index is -1.59. The van der Waals surface area contributed by atoms with Gasteiger partial charge in [-0.15, -0.1) is 0 Å². The predicted molar refractivity (Wildman–Crippen MR) is 63.9 cm³/mol. The van der Waals surface area contributed by atoms with Crippen LogP contribution in [0, 0.1) is 29.4 Å². The average molecular weight is 276 g/mol. The van der Waals surface area contributed by atoms with Gasteiger partial charge >= 0.3 is 0 Å². The molecule has 0 N–H and O–H groups in total. The van der Waals surface area contributed by atoms with Crippen LogP contribution in [0.4, 0.5) is 23.2 Å². The van der Waals surface area contributed by atoms with Gasteiger partial charge < -0.3 is 4.90 Å². The number of aromatic nitrogens is 1. The first-order valence-electron chi connectivity index (χ1n) is 6.44. The maximum Gasteiger partial charge on any atom is 0.253 e. The highest BCUT2D eigenvalue weighted by Gasteiger charge is 2.34. The maximum atomic E-state index is 13.7. The van der Waals surface area contributed by atoms with Crippen molar-refractivity contribution in [3.63, 3.8) is 0 Å². The molecule has 0 radical (unpaired) electrons. The summed E-state index contributed by atoms with van der Waals surface area (Å²) >= 11 is 0. The van der Waals surface area contributed by atoms with Crippen molar-refractivity contribution in [2.45, 2.75) is 39.2 Å². The van der Waals surface area contributed by atoms with Crippen molar-refractivity contribution in [3.05, 3.63) is 23.5 Å². The zero-order valence-corrected chi connectivity index (χ0v) is 10.9. The summed E-state index contributed by atoms with van der Waals surface area (Å²) in [5, 5.41) is 0. The Balaban J connectivity index is 2.46. The largest absolute Gasteiger partial charge is 0.363 e. The molecule has 1 fully saturated rings. The molecule has 1 aromatic rings. The average Bonchev–Trinajstić information content (AvgIpc) is 2.85. The Kier molecular flexibility index (Phi) is 3.96. The van der Waals surface area contributed by atoms with E-state index in [0.717, 1.165) is 19.3 Å². The normalized spacial score (nSPS) is 20.9. The molecule has 6 heteroatoms. The summed E-state index contributed by atoms with van der Waals surface area (Å²) in [4.78, 5) is 4.02. The van der Waals surface area contributed by atoms with E-state index in [1.807, 2.05) is 13.8 Å². The Morgan fingerprint density at radius 1 is 1.21 bits per heavy atom. The summed E-state index contributed by atoms with van der Waals surface area (Å²) < 4.78 is 53.8. The van der Waals surface area contributed by atoms with E-state index in [-0.39, 0.29) is 12.0 Å². The summed E-state index contributed by atoms with van der Waals surface area (Å²) in [6.07, 6.45) is 2.35. The van der Waals surface area contributed by atoms with Crippen LogP contribution in [-0.4, -0.2) is 17.6 Å². The van der Waals surface area contributed by atoms with Gasteiger partial charge in [-0.25, -0.2) is 0 Å². The lowest BCUT2D eigenvalue weighted by Gasteiger charge is -2.31. The molecule has 2 unspecified atom stereocenters. The van der Waals surface area contributed by atoms with Crippen LogP contribution >= 0.6 is 0 Å². The molecule has 19 heavy (non-hydrogen) atoms. The molecule has 0 amide bonds. The third-order valence-electron chi connectivity index (χ3n) is 3.86. The molecule has 1 aliphatic rings. The first-order chi connectivity index (χ1) is 8.97. The van der Waals surface area contributed by atoms with Crippen LogP contribution in [0.1, 0.15) is 33.1 Å². The van der Waals surface area contributed by atoms with Crippen LogP contribution in [0.2, 0.25) is 0 Å². The molecule has 0 aliphatic carbocycles. The fourth-order valence-corrected chi connectivity index (χ4v) is 2.66. The van der Waals surface area contributed by atoms with Crippen molar-refractivity contribution in [3.8, 4) is 0 Å². The summed E-state index contributed by atoms with van der Waals surface area (Å²) in [5.41, 5.74) is -0.618. The summed E-state index contributed by atoms with van der Waals surface area (Å²) in [6, 6.07) is -0.102. The van der Waals surface area contributed by atoms with E-state index in [1.165, 1.54) is 4.90 Å². The Bertz CT molecular complexity index is 452. The van der Waals surface area contributed by atoms with Crippen molar-refractivity contribution in [2.24, 2.45) is 5.92 Å². The van der Waals surface area contributed by atoms with E-state index in [4.69, 9.17) is 0 Å². The molecule has 0 saturated carbocycles. The highest BCUT2D eigenvalue weighted by molar-refractivity contribution is 5.50. The third kappa shape index (κ3) is 2.40. The van der Waals surface area contributed by atoms with E-state index >= 15 is 0 Å². The predicted octanol–water partition coefficient (Wildman–Crippen LogP) is 3.65. The van der Waals surface area contributed by atoms with Gasteiger partial charge in [0.05, 0.1) is 0 Å². The Morgan fingerprint density at radius 3 is 2.32 bits per heavy atom. The van der Waals surface area contributed by atoms with Gasteiger partial charge in [-0.3, -0.25) is 0 Å². The monoisotopic (exact) mass is 276 g/mol. The Labute approximate surface area is 109 Å². The first kappa shape index (κ1) is 14.1. The number of hydrogen-bond donors (Lipinski definition) is 0. The van der Waals surface area contributed by atoms with Gasteiger partial charge in [-0.05, 0) is 18.8 Å². The molecule has 1 aliphatic heterocycles. The fourth-order valence-electron chi connectivity index (χ4n) is 2.66. The molecule has 1 aromatic heterocycles. The van der Waals surface area contributed by atoms with Crippen LogP contribution in [-0.2, 0) is 0 Å². The lowest BCUT2D eigenvalue weighted by Crippen LogP contribution is -2.36. The summed E-state index contributed by atoms with van der Waals surface area (Å²) in [5.74, 6) is -5.81. The van der Waals surface area contributed by atoms with Gasteiger partial charge in [0.2, 0.25) is 11.6 Å².